The van der Waals surface area contributed by atoms with Gasteiger partial charge in [-0.05, 0) is 49.7 Å². The fourth-order valence-corrected chi connectivity index (χ4v) is 4.48. The van der Waals surface area contributed by atoms with E-state index >= 15 is 0 Å². The molecule has 4 rings (SSSR count). The van der Waals surface area contributed by atoms with Gasteiger partial charge in [0.05, 0.1) is 37.8 Å². The number of halogens is 1. The fourth-order valence-electron chi connectivity index (χ4n) is 4.08. The van der Waals surface area contributed by atoms with E-state index in [4.69, 9.17) is 14.0 Å². The number of carbonyl (C=O) groups is 3. The number of hydrogen-bond acceptors (Lipinski definition) is 9. The van der Waals surface area contributed by atoms with Crippen LogP contribution < -0.4 is 5.32 Å². The number of amides is 1. The lowest BCUT2D eigenvalue weighted by Gasteiger charge is -2.30. The van der Waals surface area contributed by atoms with Crippen LogP contribution in [0.5, 0.6) is 0 Å². The first-order valence-electron chi connectivity index (χ1n) is 11.3. The van der Waals surface area contributed by atoms with Crippen LogP contribution in [0.2, 0.25) is 0 Å². The van der Waals surface area contributed by atoms with Gasteiger partial charge < -0.3 is 19.3 Å². The first-order valence-corrected chi connectivity index (χ1v) is 12.1. The van der Waals surface area contributed by atoms with E-state index in [-0.39, 0.29) is 23.0 Å². The van der Waals surface area contributed by atoms with Gasteiger partial charge in [-0.1, -0.05) is 33.2 Å². The standard InChI is InChI=1S/C25H25BrN4O6/c1-34-24(32)17-9-18(25(33)35-2)12-20(11-17)27-23(31)16-6-4-8-30(13-16)14-21-28-22(29-36-21)15-5-3-7-19(26)10-15/h3,5,7,9-12,16H,4,6,8,13-14H2,1-2H3,(H,27,31). The first kappa shape index (κ1) is 25.5. The topological polar surface area (TPSA) is 124 Å². The van der Waals surface area contributed by atoms with Gasteiger partial charge >= 0.3 is 11.9 Å². The number of rotatable bonds is 7. The molecule has 11 heteroatoms. The van der Waals surface area contributed by atoms with Crippen LogP contribution in [-0.2, 0) is 20.8 Å². The average Bonchev–Trinajstić information content (AvgIpc) is 3.36. The molecule has 1 saturated heterocycles. The van der Waals surface area contributed by atoms with E-state index in [1.54, 1.807) is 0 Å². The Morgan fingerprint density at radius 3 is 2.50 bits per heavy atom. The first-order chi connectivity index (χ1) is 17.4. The molecule has 2 heterocycles. The third-order valence-corrected chi connectivity index (χ3v) is 6.32. The molecule has 0 radical (unpaired) electrons. The predicted octanol–water partition coefficient (Wildman–Crippen LogP) is 3.92. The molecule has 188 valence electrons. The predicted molar refractivity (Wildman–Crippen MR) is 133 cm³/mol. The van der Waals surface area contributed by atoms with Gasteiger partial charge in [0, 0.05) is 22.3 Å². The summed E-state index contributed by atoms with van der Waals surface area (Å²) >= 11 is 3.44. The minimum atomic E-state index is -0.623. The lowest BCUT2D eigenvalue weighted by atomic mass is 9.97. The third-order valence-electron chi connectivity index (χ3n) is 5.83. The molecule has 2 aromatic carbocycles. The zero-order chi connectivity index (χ0) is 25.7. The molecule has 1 atom stereocenters. The second-order valence-corrected chi connectivity index (χ2v) is 9.28. The molecule has 1 aliphatic heterocycles. The van der Waals surface area contributed by atoms with Crippen molar-refractivity contribution in [1.82, 2.24) is 15.0 Å². The number of methoxy groups -OCH3 is 2. The molecule has 3 aromatic rings. The van der Waals surface area contributed by atoms with Crippen molar-refractivity contribution in [1.29, 1.82) is 0 Å². The SMILES string of the molecule is COC(=O)c1cc(NC(=O)C2CCCN(Cc3nc(-c4cccc(Br)c4)no3)C2)cc(C(=O)OC)c1. The van der Waals surface area contributed by atoms with Crippen LogP contribution in [0.15, 0.2) is 51.5 Å². The second-order valence-electron chi connectivity index (χ2n) is 8.37. The van der Waals surface area contributed by atoms with E-state index in [9.17, 15) is 14.4 Å². The summed E-state index contributed by atoms with van der Waals surface area (Å²) in [6.07, 6.45) is 1.52. The summed E-state index contributed by atoms with van der Waals surface area (Å²) in [5.41, 5.74) is 1.43. The summed E-state index contributed by atoms with van der Waals surface area (Å²) in [6.45, 7) is 1.72. The van der Waals surface area contributed by atoms with Gasteiger partial charge in [0.1, 0.15) is 0 Å². The third kappa shape index (κ3) is 6.16. The Morgan fingerprint density at radius 2 is 1.83 bits per heavy atom. The molecule has 1 unspecified atom stereocenters. The van der Waals surface area contributed by atoms with E-state index in [1.165, 1.54) is 32.4 Å². The molecular formula is C25H25BrN4O6. The number of likely N-dealkylation sites (tertiary alicyclic amines) is 1. The lowest BCUT2D eigenvalue weighted by molar-refractivity contribution is -0.121. The van der Waals surface area contributed by atoms with Gasteiger partial charge in [-0.15, -0.1) is 0 Å². The summed E-state index contributed by atoms with van der Waals surface area (Å²) in [6, 6.07) is 11.9. The lowest BCUT2D eigenvalue weighted by Crippen LogP contribution is -2.40. The molecule has 1 aliphatic rings. The van der Waals surface area contributed by atoms with Gasteiger partial charge in [-0.3, -0.25) is 9.69 Å². The number of piperidine rings is 1. The summed E-state index contributed by atoms with van der Waals surface area (Å²) in [7, 11) is 2.49. The molecule has 0 bridgehead atoms. The Kier molecular flexibility index (Phi) is 8.11. The molecule has 0 spiro atoms. The van der Waals surface area contributed by atoms with Crippen LogP contribution in [0.3, 0.4) is 0 Å². The highest BCUT2D eigenvalue weighted by Crippen LogP contribution is 2.24. The number of ether oxygens (including phenoxy) is 2. The summed E-state index contributed by atoms with van der Waals surface area (Å²) in [5.74, 6) is -0.778. The summed E-state index contributed by atoms with van der Waals surface area (Å²) in [5, 5.41) is 6.90. The molecule has 10 nitrogen and oxygen atoms in total. The quantitative estimate of drug-likeness (QED) is 0.431. The fraction of sp³-hybridized carbons (Fsp3) is 0.320. The minimum absolute atomic E-state index is 0.138. The average molecular weight is 557 g/mol. The Bertz CT molecular complexity index is 1240. The molecule has 0 aliphatic carbocycles. The number of aromatic nitrogens is 2. The monoisotopic (exact) mass is 556 g/mol. The number of nitrogens with zero attached hydrogens (tertiary/aromatic N) is 3. The van der Waals surface area contributed by atoms with E-state index in [0.29, 0.717) is 36.9 Å². The Hall–Kier alpha value is -3.57. The number of hydrogen-bond donors (Lipinski definition) is 1. The van der Waals surface area contributed by atoms with Crippen LogP contribution in [0.1, 0.15) is 39.4 Å². The molecule has 1 amide bonds. The van der Waals surface area contributed by atoms with Gasteiger partial charge in [-0.2, -0.15) is 4.98 Å². The largest absolute Gasteiger partial charge is 0.465 e. The molecular weight excluding hydrogens is 532 g/mol. The van der Waals surface area contributed by atoms with Gasteiger partial charge in [0.2, 0.25) is 17.6 Å². The van der Waals surface area contributed by atoms with Crippen LogP contribution in [0.25, 0.3) is 11.4 Å². The summed E-state index contributed by atoms with van der Waals surface area (Å²) in [4.78, 5) is 43.7. The number of esters is 2. The van der Waals surface area contributed by atoms with Crippen molar-refractivity contribution < 1.29 is 28.4 Å². The van der Waals surface area contributed by atoms with Crippen molar-refractivity contribution in [2.24, 2.45) is 5.92 Å². The number of carbonyl (C=O) groups excluding carboxylic acids is 3. The maximum atomic E-state index is 13.1. The normalized spacial score (nSPS) is 15.8. The van der Waals surface area contributed by atoms with Crippen molar-refractivity contribution in [3.05, 3.63) is 64.0 Å². The molecule has 1 fully saturated rings. The van der Waals surface area contributed by atoms with Crippen molar-refractivity contribution in [3.63, 3.8) is 0 Å². The van der Waals surface area contributed by atoms with Crippen molar-refractivity contribution in [2.75, 3.05) is 32.6 Å². The smallest absolute Gasteiger partial charge is 0.337 e. The van der Waals surface area contributed by atoms with E-state index < -0.39 is 11.9 Å². The number of nitrogens with one attached hydrogen (secondary N) is 1. The molecule has 36 heavy (non-hydrogen) atoms. The van der Waals surface area contributed by atoms with E-state index in [0.717, 1.165) is 23.0 Å². The van der Waals surface area contributed by atoms with Crippen molar-refractivity contribution >= 4 is 39.5 Å². The maximum absolute atomic E-state index is 13.1. The second kappa shape index (κ2) is 11.4. The van der Waals surface area contributed by atoms with Crippen molar-refractivity contribution in [2.45, 2.75) is 19.4 Å². The zero-order valence-corrected chi connectivity index (χ0v) is 21.4. The van der Waals surface area contributed by atoms with E-state index in [2.05, 4.69) is 36.3 Å². The zero-order valence-electron chi connectivity index (χ0n) is 19.8. The van der Waals surface area contributed by atoms with E-state index in [1.807, 2.05) is 24.3 Å². The molecule has 1 aromatic heterocycles. The van der Waals surface area contributed by atoms with Crippen LogP contribution in [0, 0.1) is 5.92 Å². The van der Waals surface area contributed by atoms with Gasteiger partial charge in [-0.25, -0.2) is 9.59 Å². The van der Waals surface area contributed by atoms with Crippen LogP contribution >= 0.6 is 15.9 Å². The molecule has 1 N–H and O–H groups in total. The van der Waals surface area contributed by atoms with Gasteiger partial charge in [0.25, 0.3) is 0 Å². The highest BCUT2D eigenvalue weighted by atomic mass is 79.9. The van der Waals surface area contributed by atoms with Crippen LogP contribution in [-0.4, -0.2) is 60.2 Å². The van der Waals surface area contributed by atoms with Gasteiger partial charge in [0.15, 0.2) is 0 Å². The highest BCUT2D eigenvalue weighted by molar-refractivity contribution is 9.10. The number of anilines is 1. The number of benzene rings is 2. The maximum Gasteiger partial charge on any atom is 0.337 e. The highest BCUT2D eigenvalue weighted by Gasteiger charge is 2.27. The Morgan fingerprint density at radius 1 is 1.11 bits per heavy atom. The van der Waals surface area contributed by atoms with Crippen LogP contribution in [0.4, 0.5) is 5.69 Å². The van der Waals surface area contributed by atoms with Crippen molar-refractivity contribution in [3.8, 4) is 11.4 Å². The Labute approximate surface area is 216 Å². The minimum Gasteiger partial charge on any atom is -0.465 e. The molecule has 0 saturated carbocycles. The summed E-state index contributed by atoms with van der Waals surface area (Å²) < 4.78 is 15.9. The Balaban J connectivity index is 1.42.